The van der Waals surface area contributed by atoms with Gasteiger partial charge in [-0.3, -0.25) is 4.79 Å². The third kappa shape index (κ3) is 11.9. The van der Waals surface area contributed by atoms with Crippen molar-refractivity contribution in [1.82, 2.24) is 0 Å². The number of benzene rings is 6. The third-order valence-electron chi connectivity index (χ3n) is 13.7. The van der Waals surface area contributed by atoms with Gasteiger partial charge in [0.25, 0.3) is 16.6 Å². The fourth-order valence-electron chi connectivity index (χ4n) is 10.2. The molecule has 0 fully saturated rings. The molecule has 10 heteroatoms. The van der Waals surface area contributed by atoms with Crippen LogP contribution >= 0.6 is 11.3 Å². The van der Waals surface area contributed by atoms with Crippen molar-refractivity contribution in [2.24, 2.45) is 0 Å². The Balaban J connectivity index is 1.06. The van der Waals surface area contributed by atoms with Crippen LogP contribution in [0.5, 0.6) is 17.2 Å². The van der Waals surface area contributed by atoms with Crippen molar-refractivity contribution >= 4 is 72.8 Å². The van der Waals surface area contributed by atoms with E-state index in [4.69, 9.17) is 23.1 Å². The van der Waals surface area contributed by atoms with E-state index in [2.05, 4.69) is 204 Å². The Hall–Kier alpha value is -6.02. The number of ether oxygens (including phenoxy) is 3. The van der Waals surface area contributed by atoms with E-state index in [1.807, 2.05) is 24.3 Å². The molecule has 6 aromatic carbocycles. The van der Waals surface area contributed by atoms with Gasteiger partial charge in [0, 0.05) is 43.6 Å². The summed E-state index contributed by atoms with van der Waals surface area (Å²) in [5, 5.41) is 5.01. The lowest BCUT2D eigenvalue weighted by atomic mass is 10.1. The molecule has 1 aliphatic heterocycles. The number of anilines is 1. The first-order valence-electron chi connectivity index (χ1n) is 25.6. The molecule has 0 atom stereocenters. The van der Waals surface area contributed by atoms with E-state index in [0.29, 0.717) is 49.4 Å². The summed E-state index contributed by atoms with van der Waals surface area (Å²) in [6.07, 6.45) is 8.62. The van der Waals surface area contributed by atoms with Gasteiger partial charge in [-0.25, -0.2) is 0 Å². The standard InChI is InChI=1S/C62H71NO6SSi2/c1-61(2,3)71(52-28-14-8-15-29-52,53-30-16-9-17-31-53)68-42-24-22-40-63(41-23-25-43-69-72(62(4,5)6,54-32-18-10-19-33-54)55-34-20-11-21-35-55)51-38-36-50(56(46-51)67-48-49-26-12-7-13-27-49)37-39-57-59-60(58(47-64)70-57)66-45-44-65-59/h7-21,26-39,46-47H,22-25,40-45,48H2,1-6H3. The molecule has 0 spiro atoms. The molecule has 0 N–H and O–H groups in total. The number of carbonyl (C=O) groups is 1. The molecular weight excluding hydrogens is 943 g/mol. The van der Waals surface area contributed by atoms with Gasteiger partial charge in [0.2, 0.25) is 0 Å². The number of carbonyl (C=O) groups excluding carboxylic acids is 1. The minimum absolute atomic E-state index is 0.0922. The maximum absolute atomic E-state index is 12.0. The first-order chi connectivity index (χ1) is 34.9. The quantitative estimate of drug-likeness (QED) is 0.0359. The highest BCUT2D eigenvalue weighted by molar-refractivity contribution is 7.15. The second kappa shape index (κ2) is 24.1. The van der Waals surface area contributed by atoms with Gasteiger partial charge in [0.1, 0.15) is 30.4 Å². The summed E-state index contributed by atoms with van der Waals surface area (Å²) in [6, 6.07) is 60.5. The number of thiophene rings is 1. The highest BCUT2D eigenvalue weighted by Crippen LogP contribution is 2.45. The van der Waals surface area contributed by atoms with Crippen LogP contribution in [0.3, 0.4) is 0 Å². The van der Waals surface area contributed by atoms with Crippen LogP contribution in [0.4, 0.5) is 5.69 Å². The summed E-state index contributed by atoms with van der Waals surface area (Å²) in [5.41, 5.74) is 3.12. The Bertz CT molecular complexity index is 2620. The molecule has 0 saturated heterocycles. The summed E-state index contributed by atoms with van der Waals surface area (Å²) in [7, 11) is -5.34. The van der Waals surface area contributed by atoms with Gasteiger partial charge in [0.05, 0.1) is 4.88 Å². The SMILES string of the molecule is CC(C)(C)[Si](OCCCCN(CCCCO[Si](c1ccccc1)(c1ccccc1)C(C)(C)C)c1ccc(C=Cc2sc(C=O)c3c2OCCO3)c(OCc2ccccc2)c1)(c1ccccc1)c1ccccc1. The number of aldehydes is 1. The number of hydrogen-bond acceptors (Lipinski definition) is 8. The van der Waals surface area contributed by atoms with Crippen molar-refractivity contribution < 1.29 is 27.9 Å². The van der Waals surface area contributed by atoms with Crippen LogP contribution in [0, 0.1) is 0 Å². The zero-order valence-electron chi connectivity index (χ0n) is 43.0. The average Bonchev–Trinajstić information content (AvgIpc) is 3.77. The molecule has 374 valence electrons. The first kappa shape index (κ1) is 52.3. The molecule has 0 aliphatic carbocycles. The molecule has 0 amide bonds. The lowest BCUT2D eigenvalue weighted by molar-refractivity contribution is 0.111. The second-order valence-electron chi connectivity index (χ2n) is 20.6. The molecule has 1 aromatic heterocycles. The summed E-state index contributed by atoms with van der Waals surface area (Å²) >= 11 is 1.38. The Kier molecular flexibility index (Phi) is 17.5. The molecule has 2 heterocycles. The maximum Gasteiger partial charge on any atom is 0.261 e. The smallest absolute Gasteiger partial charge is 0.261 e. The van der Waals surface area contributed by atoms with E-state index in [1.165, 1.54) is 32.1 Å². The minimum atomic E-state index is -2.67. The van der Waals surface area contributed by atoms with E-state index in [9.17, 15) is 4.79 Å². The lowest BCUT2D eigenvalue weighted by Gasteiger charge is -2.43. The highest BCUT2D eigenvalue weighted by atomic mass is 32.1. The molecule has 7 aromatic rings. The minimum Gasteiger partial charge on any atom is -0.488 e. The van der Waals surface area contributed by atoms with Gasteiger partial charge in [0.15, 0.2) is 17.8 Å². The van der Waals surface area contributed by atoms with E-state index in [1.54, 1.807) is 0 Å². The molecule has 7 nitrogen and oxygen atoms in total. The van der Waals surface area contributed by atoms with E-state index >= 15 is 0 Å². The molecule has 0 radical (unpaired) electrons. The summed E-state index contributed by atoms with van der Waals surface area (Å²) in [5.74, 6) is 1.93. The van der Waals surface area contributed by atoms with Crippen LogP contribution < -0.4 is 39.9 Å². The van der Waals surface area contributed by atoms with Crippen molar-refractivity contribution in [3.63, 3.8) is 0 Å². The Morgan fingerprint density at radius 1 is 0.542 bits per heavy atom. The molecule has 0 bridgehead atoms. The monoisotopic (exact) mass is 1010 g/mol. The van der Waals surface area contributed by atoms with Crippen molar-refractivity contribution in [1.29, 1.82) is 0 Å². The summed E-state index contributed by atoms with van der Waals surface area (Å²) < 4.78 is 33.3. The van der Waals surface area contributed by atoms with Crippen molar-refractivity contribution in [2.45, 2.75) is 83.9 Å². The Labute approximate surface area is 434 Å². The zero-order valence-corrected chi connectivity index (χ0v) is 45.8. The van der Waals surface area contributed by atoms with Crippen molar-refractivity contribution in [3.05, 3.63) is 191 Å². The van der Waals surface area contributed by atoms with Crippen LogP contribution in [0.1, 0.15) is 92.9 Å². The van der Waals surface area contributed by atoms with Gasteiger partial charge in [-0.15, -0.1) is 11.3 Å². The second-order valence-corrected chi connectivity index (χ2v) is 30.3. The van der Waals surface area contributed by atoms with E-state index in [0.717, 1.165) is 72.5 Å². The van der Waals surface area contributed by atoms with Crippen LogP contribution in [0.25, 0.3) is 12.2 Å². The average molecular weight is 1010 g/mol. The van der Waals surface area contributed by atoms with Gasteiger partial charge in [-0.1, -0.05) is 193 Å². The van der Waals surface area contributed by atoms with Crippen LogP contribution in [0.2, 0.25) is 10.1 Å². The summed E-state index contributed by atoms with van der Waals surface area (Å²) in [4.78, 5) is 15.9. The Morgan fingerprint density at radius 2 is 0.972 bits per heavy atom. The topological polar surface area (TPSA) is 66.5 Å². The molecule has 0 saturated carbocycles. The predicted molar refractivity (Wildman–Crippen MR) is 305 cm³/mol. The van der Waals surface area contributed by atoms with Crippen LogP contribution in [-0.4, -0.2) is 62.4 Å². The maximum atomic E-state index is 12.0. The number of hydrogen-bond donors (Lipinski definition) is 0. The van der Waals surface area contributed by atoms with Crippen molar-refractivity contribution in [3.8, 4) is 17.2 Å². The lowest BCUT2D eigenvalue weighted by Crippen LogP contribution is -2.66. The molecular formula is C62H71NO6SSi2. The fraction of sp³-hybridized carbons (Fsp3) is 0.306. The largest absolute Gasteiger partial charge is 0.488 e. The fourth-order valence-corrected chi connectivity index (χ4v) is 20.3. The summed E-state index contributed by atoms with van der Waals surface area (Å²) in [6.45, 7) is 18.3. The van der Waals surface area contributed by atoms with E-state index in [-0.39, 0.29) is 10.1 Å². The highest BCUT2D eigenvalue weighted by Gasteiger charge is 2.51. The van der Waals surface area contributed by atoms with Gasteiger partial charge in [-0.2, -0.15) is 0 Å². The van der Waals surface area contributed by atoms with E-state index < -0.39 is 16.6 Å². The van der Waals surface area contributed by atoms with Gasteiger partial charge < -0.3 is 28.0 Å². The molecule has 1 aliphatic rings. The van der Waals surface area contributed by atoms with Gasteiger partial charge >= 0.3 is 0 Å². The van der Waals surface area contributed by atoms with Gasteiger partial charge in [-0.05, 0) is 86.4 Å². The zero-order chi connectivity index (χ0) is 50.4. The number of rotatable bonds is 23. The Morgan fingerprint density at radius 3 is 1.40 bits per heavy atom. The third-order valence-corrected chi connectivity index (χ3v) is 24.8. The molecule has 72 heavy (non-hydrogen) atoms. The van der Waals surface area contributed by atoms with Crippen molar-refractivity contribution in [2.75, 3.05) is 44.4 Å². The number of unbranched alkanes of at least 4 members (excludes halogenated alkanes) is 2. The molecule has 0 unspecified atom stereocenters. The molecule has 8 rings (SSSR count). The van der Waals surface area contributed by atoms with Crippen LogP contribution in [0.15, 0.2) is 170 Å². The first-order valence-corrected chi connectivity index (χ1v) is 30.2. The number of fused-ring (bicyclic) bond motifs is 1. The predicted octanol–water partition coefficient (Wildman–Crippen LogP) is 12.6. The van der Waals surface area contributed by atoms with Crippen LogP contribution in [-0.2, 0) is 15.5 Å². The normalized spacial score (nSPS) is 13.0. The number of nitrogens with zero attached hydrogens (tertiary/aromatic N) is 1.